The lowest BCUT2D eigenvalue weighted by atomic mass is 9.91. The van der Waals surface area contributed by atoms with Gasteiger partial charge in [-0.2, -0.15) is 0 Å². The van der Waals surface area contributed by atoms with Gasteiger partial charge in [0, 0.05) is 39.5 Å². The van der Waals surface area contributed by atoms with Crippen molar-refractivity contribution in [3.05, 3.63) is 0 Å². The van der Waals surface area contributed by atoms with E-state index in [0.29, 0.717) is 18.2 Å². The molecule has 2 aliphatic heterocycles. The lowest BCUT2D eigenvalue weighted by molar-refractivity contribution is -0.134. The van der Waals surface area contributed by atoms with Crippen LogP contribution in [0, 0.1) is 11.8 Å². The molecule has 0 aromatic heterocycles. The molecule has 2 aliphatic rings. The molecule has 0 aromatic carbocycles. The summed E-state index contributed by atoms with van der Waals surface area (Å²) in [6.07, 6.45) is 7.33. The third-order valence-electron chi connectivity index (χ3n) is 5.60. The number of hydrogen-bond donors (Lipinski definition) is 1. The van der Waals surface area contributed by atoms with Crippen LogP contribution in [-0.4, -0.2) is 61.4 Å². The Morgan fingerprint density at radius 3 is 1.92 bits per heavy atom. The fraction of sp³-hybridized carbons (Fsp3) is 0.889. The molecule has 6 heteroatoms. The topological polar surface area (TPSA) is 52.7 Å². The monoisotopic (exact) mass is 359 g/mol. The summed E-state index contributed by atoms with van der Waals surface area (Å²) in [6, 6.07) is 0. The van der Waals surface area contributed by atoms with Gasteiger partial charge in [-0.3, -0.25) is 9.59 Å². The van der Waals surface area contributed by atoms with Gasteiger partial charge in [-0.05, 0) is 64.0 Å². The predicted molar refractivity (Wildman–Crippen MR) is 99.3 cm³/mol. The van der Waals surface area contributed by atoms with E-state index in [1.165, 1.54) is 6.42 Å². The van der Waals surface area contributed by atoms with Gasteiger partial charge in [0.25, 0.3) is 0 Å². The van der Waals surface area contributed by atoms with Crippen molar-refractivity contribution in [1.29, 1.82) is 0 Å². The van der Waals surface area contributed by atoms with Gasteiger partial charge in [0.2, 0.25) is 11.8 Å². The van der Waals surface area contributed by atoms with Crippen molar-refractivity contribution < 1.29 is 9.59 Å². The van der Waals surface area contributed by atoms with Crippen molar-refractivity contribution in [2.75, 3.05) is 39.8 Å². The molecule has 0 aliphatic carbocycles. The minimum atomic E-state index is 0. The zero-order chi connectivity index (χ0) is 16.7. The molecule has 2 amide bonds. The fourth-order valence-corrected chi connectivity index (χ4v) is 3.84. The maximum Gasteiger partial charge on any atom is 0.222 e. The van der Waals surface area contributed by atoms with Crippen molar-refractivity contribution in [3.8, 4) is 0 Å². The van der Waals surface area contributed by atoms with Gasteiger partial charge in [0.1, 0.15) is 0 Å². The zero-order valence-corrected chi connectivity index (χ0v) is 16.1. The molecule has 24 heavy (non-hydrogen) atoms. The van der Waals surface area contributed by atoms with Crippen LogP contribution in [0.2, 0.25) is 0 Å². The average molecular weight is 360 g/mol. The number of nitrogens with one attached hydrogen (secondary N) is 1. The third-order valence-corrected chi connectivity index (χ3v) is 5.60. The molecular weight excluding hydrogens is 326 g/mol. The Morgan fingerprint density at radius 2 is 1.42 bits per heavy atom. The first-order chi connectivity index (χ1) is 11.1. The number of carbonyl (C=O) groups excluding carboxylic acids is 2. The third kappa shape index (κ3) is 6.60. The Labute approximate surface area is 152 Å². The lowest BCUT2D eigenvalue weighted by Crippen LogP contribution is -2.40. The van der Waals surface area contributed by atoms with Crippen molar-refractivity contribution in [1.82, 2.24) is 15.1 Å². The SMILES string of the molecule is CNCCC1CCN(C(=O)CCC2CCN(C(C)=O)CC2)CC1.Cl. The van der Waals surface area contributed by atoms with Gasteiger partial charge in [0.05, 0.1) is 0 Å². The molecule has 0 atom stereocenters. The first-order valence-corrected chi connectivity index (χ1v) is 9.28. The number of halogens is 1. The summed E-state index contributed by atoms with van der Waals surface area (Å²) >= 11 is 0. The summed E-state index contributed by atoms with van der Waals surface area (Å²) in [7, 11) is 2.00. The normalized spacial score (nSPS) is 19.9. The summed E-state index contributed by atoms with van der Waals surface area (Å²) in [4.78, 5) is 27.7. The smallest absolute Gasteiger partial charge is 0.222 e. The molecule has 0 aromatic rings. The Morgan fingerprint density at radius 1 is 0.917 bits per heavy atom. The van der Waals surface area contributed by atoms with E-state index in [4.69, 9.17) is 0 Å². The minimum Gasteiger partial charge on any atom is -0.343 e. The molecule has 140 valence electrons. The lowest BCUT2D eigenvalue weighted by Gasteiger charge is -2.33. The summed E-state index contributed by atoms with van der Waals surface area (Å²) in [5, 5.41) is 3.21. The maximum absolute atomic E-state index is 12.4. The number of rotatable bonds is 6. The van der Waals surface area contributed by atoms with Crippen LogP contribution < -0.4 is 5.32 Å². The first-order valence-electron chi connectivity index (χ1n) is 9.28. The molecule has 0 radical (unpaired) electrons. The highest BCUT2D eigenvalue weighted by Crippen LogP contribution is 2.24. The van der Waals surface area contributed by atoms with E-state index in [0.717, 1.165) is 70.7 Å². The second-order valence-corrected chi connectivity index (χ2v) is 7.20. The Hall–Kier alpha value is -0.810. The average Bonchev–Trinajstić information content (AvgIpc) is 2.58. The second kappa shape index (κ2) is 10.9. The van der Waals surface area contributed by atoms with Crippen LogP contribution in [0.5, 0.6) is 0 Å². The van der Waals surface area contributed by atoms with Crippen LogP contribution in [0.4, 0.5) is 0 Å². The molecule has 5 nitrogen and oxygen atoms in total. The molecule has 0 saturated carbocycles. The van der Waals surface area contributed by atoms with Crippen LogP contribution in [0.1, 0.15) is 51.9 Å². The van der Waals surface area contributed by atoms with Crippen molar-refractivity contribution >= 4 is 24.2 Å². The number of piperidine rings is 2. The molecule has 0 unspecified atom stereocenters. The second-order valence-electron chi connectivity index (χ2n) is 7.20. The van der Waals surface area contributed by atoms with Gasteiger partial charge in [-0.15, -0.1) is 12.4 Å². The van der Waals surface area contributed by atoms with Gasteiger partial charge in [0.15, 0.2) is 0 Å². The Kier molecular flexibility index (Phi) is 9.67. The molecule has 2 fully saturated rings. The minimum absolute atomic E-state index is 0. The van der Waals surface area contributed by atoms with E-state index in [9.17, 15) is 9.59 Å². The largest absolute Gasteiger partial charge is 0.343 e. The highest BCUT2D eigenvalue weighted by Gasteiger charge is 2.25. The summed E-state index contributed by atoms with van der Waals surface area (Å²) in [6.45, 7) is 6.34. The molecule has 2 saturated heterocycles. The van der Waals surface area contributed by atoms with Gasteiger partial charge < -0.3 is 15.1 Å². The number of nitrogens with zero attached hydrogens (tertiary/aromatic N) is 2. The highest BCUT2D eigenvalue weighted by molar-refractivity contribution is 5.85. The molecule has 0 bridgehead atoms. The standard InChI is InChI=1S/C18H33N3O2.ClH/c1-15(22)20-11-6-16(7-12-20)3-4-18(23)21-13-8-17(9-14-21)5-10-19-2;/h16-17,19H,3-14H2,1-2H3;1H. The van der Waals surface area contributed by atoms with Crippen LogP contribution >= 0.6 is 12.4 Å². The first kappa shape index (κ1) is 21.2. The number of likely N-dealkylation sites (tertiary alicyclic amines) is 2. The highest BCUT2D eigenvalue weighted by atomic mass is 35.5. The molecule has 2 heterocycles. The van der Waals surface area contributed by atoms with E-state index in [1.54, 1.807) is 6.92 Å². The molecule has 1 N–H and O–H groups in total. The van der Waals surface area contributed by atoms with Crippen molar-refractivity contribution in [3.63, 3.8) is 0 Å². The zero-order valence-electron chi connectivity index (χ0n) is 15.3. The molecular formula is C18H34ClN3O2. The predicted octanol–water partition coefficient (Wildman–Crippen LogP) is 2.30. The van der Waals surface area contributed by atoms with E-state index in [1.807, 2.05) is 11.9 Å². The fourth-order valence-electron chi connectivity index (χ4n) is 3.84. The number of amides is 2. The summed E-state index contributed by atoms with van der Waals surface area (Å²) < 4.78 is 0. The quantitative estimate of drug-likeness (QED) is 0.791. The van der Waals surface area contributed by atoms with Crippen molar-refractivity contribution in [2.45, 2.75) is 51.9 Å². The van der Waals surface area contributed by atoms with Crippen LogP contribution in [-0.2, 0) is 9.59 Å². The summed E-state index contributed by atoms with van der Waals surface area (Å²) in [5.74, 6) is 1.91. The van der Waals surface area contributed by atoms with E-state index >= 15 is 0 Å². The van der Waals surface area contributed by atoms with Gasteiger partial charge in [-0.1, -0.05) is 0 Å². The molecule has 0 spiro atoms. The van der Waals surface area contributed by atoms with Crippen molar-refractivity contribution in [2.24, 2.45) is 11.8 Å². The Balaban J connectivity index is 0.00000288. The van der Waals surface area contributed by atoms with Crippen LogP contribution in [0.3, 0.4) is 0 Å². The molecule has 2 rings (SSSR count). The van der Waals surface area contributed by atoms with Gasteiger partial charge >= 0.3 is 0 Å². The number of hydrogen-bond acceptors (Lipinski definition) is 3. The maximum atomic E-state index is 12.4. The van der Waals surface area contributed by atoms with E-state index in [-0.39, 0.29) is 18.3 Å². The Bertz CT molecular complexity index is 390. The van der Waals surface area contributed by atoms with Crippen LogP contribution in [0.15, 0.2) is 0 Å². The van der Waals surface area contributed by atoms with E-state index < -0.39 is 0 Å². The van der Waals surface area contributed by atoms with Crippen LogP contribution in [0.25, 0.3) is 0 Å². The van der Waals surface area contributed by atoms with Gasteiger partial charge in [-0.25, -0.2) is 0 Å². The number of carbonyl (C=O) groups is 2. The van der Waals surface area contributed by atoms with E-state index in [2.05, 4.69) is 10.2 Å². The summed E-state index contributed by atoms with van der Waals surface area (Å²) in [5.41, 5.74) is 0.